The predicted molar refractivity (Wildman–Crippen MR) is 193 cm³/mol. The van der Waals surface area contributed by atoms with E-state index in [1.54, 1.807) is 24.3 Å². The summed E-state index contributed by atoms with van der Waals surface area (Å²) < 4.78 is 38.5. The summed E-state index contributed by atoms with van der Waals surface area (Å²) in [6.07, 6.45) is -4.84. The zero-order chi connectivity index (χ0) is 39.5. The van der Waals surface area contributed by atoms with Crippen LogP contribution in [-0.2, 0) is 122 Å². The molecule has 56 heavy (non-hydrogen) atoms. The van der Waals surface area contributed by atoms with E-state index in [-0.39, 0.29) is 71.8 Å². The molecule has 2 fully saturated rings. The fraction of sp³-hybridized carbons (Fsp3) is 0.487. The number of carbonyl (C=O) groups is 8. The van der Waals surface area contributed by atoms with Crippen LogP contribution in [-0.4, -0.2) is 92.3 Å². The van der Waals surface area contributed by atoms with E-state index in [2.05, 4.69) is 14.2 Å². The molecule has 1 radical (unpaired) electrons. The Kier molecular flexibility index (Phi) is 26.7. The summed E-state index contributed by atoms with van der Waals surface area (Å²) in [5.74, 6) is -4.52. The summed E-state index contributed by atoms with van der Waals surface area (Å²) in [6, 6.07) is 18.5. The molecule has 0 spiro atoms. The smallest absolute Gasteiger partial charge is 0.347 e. The van der Waals surface area contributed by atoms with E-state index in [0.717, 1.165) is 18.2 Å². The molecule has 5 unspecified atom stereocenters. The van der Waals surface area contributed by atoms with Gasteiger partial charge in [-0.15, -0.1) is 0 Å². The van der Waals surface area contributed by atoms with E-state index in [4.69, 9.17) is 23.7 Å². The van der Waals surface area contributed by atoms with Crippen molar-refractivity contribution in [2.45, 2.75) is 106 Å². The van der Waals surface area contributed by atoms with Gasteiger partial charge in [0.1, 0.15) is 19.0 Å². The first-order chi connectivity index (χ1) is 25.1. The molecule has 4 rings (SSSR count). The molecule has 1 saturated heterocycles. The Morgan fingerprint density at radius 3 is 1.55 bits per heavy atom. The van der Waals surface area contributed by atoms with Crippen LogP contribution in [0.3, 0.4) is 0 Å². The molecule has 0 bridgehead atoms. The number of hydrogen-bond acceptors (Lipinski definition) is 16. The molecule has 2 aliphatic rings. The van der Waals surface area contributed by atoms with Gasteiger partial charge in [-0.05, 0) is 38.8 Å². The standard InChI is InChI=1S/C19H24O9.C12H12O3.C6H8O4.2CH4.Y/c1-12(17(21)25-4)28-18(22)13(2)27-16(20)10-15(24-3)19(23)26-11-14-8-6-5-7-9-14;13-11-6-10(7-11)12(14)15-8-9-4-2-1-3-5-9;1-3-5(7)10-4(2)6(8)9-3;;;/h5-9,12-13,15H,10-11H2,1-4H3;1-5,10H,6-8H2;3-4H,1-2H3;2*1H4;. The van der Waals surface area contributed by atoms with Crippen molar-refractivity contribution >= 4 is 47.6 Å². The van der Waals surface area contributed by atoms with Crippen LogP contribution in [0, 0.1) is 5.92 Å². The summed E-state index contributed by atoms with van der Waals surface area (Å²) in [7, 11) is 2.40. The minimum Gasteiger partial charge on any atom is -0.466 e. The third-order valence-corrected chi connectivity index (χ3v) is 7.34. The zero-order valence-corrected chi connectivity index (χ0v) is 33.7. The van der Waals surface area contributed by atoms with Gasteiger partial charge in [0.15, 0.2) is 30.5 Å². The molecule has 2 aromatic carbocycles. The third kappa shape index (κ3) is 19.4. The number of benzene rings is 2. The summed E-state index contributed by atoms with van der Waals surface area (Å²) in [6.45, 7) is 5.88. The topological polar surface area (TPSA) is 210 Å². The number of rotatable bonds is 13. The van der Waals surface area contributed by atoms with Crippen LogP contribution in [0.25, 0.3) is 0 Å². The van der Waals surface area contributed by atoms with Crippen LogP contribution in [0.4, 0.5) is 0 Å². The van der Waals surface area contributed by atoms with Crippen molar-refractivity contribution in [2.75, 3.05) is 14.2 Å². The van der Waals surface area contributed by atoms with Gasteiger partial charge in [-0.2, -0.15) is 0 Å². The van der Waals surface area contributed by atoms with Gasteiger partial charge >= 0.3 is 41.8 Å². The first-order valence-electron chi connectivity index (χ1n) is 16.5. The number of carbonyl (C=O) groups excluding carboxylic acids is 8. The van der Waals surface area contributed by atoms with Gasteiger partial charge < -0.3 is 37.9 Å². The first-order valence-corrected chi connectivity index (χ1v) is 16.5. The minimum atomic E-state index is -1.28. The second-order valence-electron chi connectivity index (χ2n) is 11.7. The number of ketones is 1. The molecule has 1 heterocycles. The number of hydrogen-bond donors (Lipinski definition) is 0. The summed E-state index contributed by atoms with van der Waals surface area (Å²) in [4.78, 5) is 90.5. The van der Waals surface area contributed by atoms with Gasteiger partial charge in [0.25, 0.3) is 0 Å². The Balaban J connectivity index is 0. The molecular formula is C39H52O16Y. The van der Waals surface area contributed by atoms with Crippen molar-refractivity contribution < 1.29 is 109 Å². The minimum absolute atomic E-state index is 0. The van der Waals surface area contributed by atoms with Crippen molar-refractivity contribution in [2.24, 2.45) is 5.92 Å². The molecule has 1 aliphatic heterocycles. The van der Waals surface area contributed by atoms with Crippen LogP contribution in [0.2, 0.25) is 0 Å². The average Bonchev–Trinajstić information content (AvgIpc) is 3.13. The van der Waals surface area contributed by atoms with Crippen molar-refractivity contribution in [1.82, 2.24) is 0 Å². The molecule has 17 heteroatoms. The largest absolute Gasteiger partial charge is 0.466 e. The number of methoxy groups -OCH3 is 2. The SMILES string of the molecule is C.C.CC1OC(=O)C(C)OC1=O.COC(=O)C(C)OC(=O)C(C)OC(=O)CC(OC)C(=O)OCc1ccccc1.O=C1CC(C(=O)OCc2ccccc2)C1.[Y]. The Morgan fingerprint density at radius 2 is 1.12 bits per heavy atom. The molecule has 0 aromatic heterocycles. The van der Waals surface area contributed by atoms with Crippen LogP contribution in [0.15, 0.2) is 60.7 Å². The summed E-state index contributed by atoms with van der Waals surface area (Å²) in [5.41, 5.74) is 1.75. The Morgan fingerprint density at radius 1 is 0.679 bits per heavy atom. The van der Waals surface area contributed by atoms with Gasteiger partial charge in [-0.1, -0.05) is 75.5 Å². The van der Waals surface area contributed by atoms with Crippen molar-refractivity contribution in [3.05, 3.63) is 71.8 Å². The molecule has 307 valence electrons. The van der Waals surface area contributed by atoms with Crippen LogP contribution >= 0.6 is 0 Å². The number of esters is 7. The summed E-state index contributed by atoms with van der Waals surface area (Å²) in [5, 5.41) is 0. The van der Waals surface area contributed by atoms with Crippen molar-refractivity contribution in [1.29, 1.82) is 0 Å². The molecule has 0 N–H and O–H groups in total. The van der Waals surface area contributed by atoms with Gasteiger partial charge in [-0.3, -0.25) is 14.4 Å². The third-order valence-electron chi connectivity index (χ3n) is 7.34. The predicted octanol–water partition coefficient (Wildman–Crippen LogP) is 4.01. The molecule has 0 amide bonds. The van der Waals surface area contributed by atoms with E-state index < -0.39 is 72.8 Å². The van der Waals surface area contributed by atoms with E-state index >= 15 is 0 Å². The van der Waals surface area contributed by atoms with Gasteiger partial charge in [-0.25, -0.2) is 24.0 Å². The van der Waals surface area contributed by atoms with Gasteiger partial charge in [0, 0.05) is 52.7 Å². The van der Waals surface area contributed by atoms with E-state index in [9.17, 15) is 38.4 Å². The fourth-order valence-corrected chi connectivity index (χ4v) is 4.15. The van der Waals surface area contributed by atoms with Crippen LogP contribution in [0.1, 0.15) is 72.9 Å². The first kappa shape index (κ1) is 53.6. The Labute approximate surface area is 352 Å². The molecular weight excluding hydrogens is 813 g/mol. The van der Waals surface area contributed by atoms with E-state index in [1.165, 1.54) is 34.8 Å². The second-order valence-corrected chi connectivity index (χ2v) is 11.7. The normalized spacial score (nSPS) is 16.9. The summed E-state index contributed by atoms with van der Waals surface area (Å²) >= 11 is 0. The van der Waals surface area contributed by atoms with E-state index in [1.807, 2.05) is 36.4 Å². The maximum absolute atomic E-state index is 12.1. The maximum atomic E-state index is 12.1. The molecule has 1 aliphatic carbocycles. The Bertz CT molecular complexity index is 1540. The van der Waals surface area contributed by atoms with Crippen LogP contribution in [0.5, 0.6) is 0 Å². The van der Waals surface area contributed by atoms with Crippen molar-refractivity contribution in [3.8, 4) is 0 Å². The maximum Gasteiger partial charge on any atom is 0.347 e. The number of ether oxygens (including phenoxy) is 8. The molecule has 1 saturated carbocycles. The van der Waals surface area contributed by atoms with Gasteiger partial charge in [0.05, 0.1) is 19.4 Å². The number of Topliss-reactive ketones (excluding diaryl/α,β-unsaturated/α-hetero) is 1. The molecule has 16 nitrogen and oxygen atoms in total. The van der Waals surface area contributed by atoms with E-state index in [0.29, 0.717) is 19.4 Å². The quantitative estimate of drug-likeness (QED) is 0.206. The molecule has 2 aromatic rings. The van der Waals surface area contributed by atoms with Crippen LogP contribution < -0.4 is 0 Å². The monoisotopic (exact) mass is 865 g/mol. The number of cyclic esters (lactones) is 2. The average molecular weight is 866 g/mol. The zero-order valence-electron chi connectivity index (χ0n) is 30.9. The van der Waals surface area contributed by atoms with Crippen molar-refractivity contribution in [3.63, 3.8) is 0 Å². The van der Waals surface area contributed by atoms with Gasteiger partial charge in [0.2, 0.25) is 0 Å². The Hall–Kier alpha value is -4.54. The molecule has 5 atom stereocenters. The second kappa shape index (κ2) is 28.0. The fourth-order valence-electron chi connectivity index (χ4n) is 4.15.